The first-order valence-electron chi connectivity index (χ1n) is 13.9. The number of anilines is 2. The Hall–Kier alpha value is -4.06. The molecule has 3 rings (SSSR count). The van der Waals surface area contributed by atoms with Crippen molar-refractivity contribution < 1.29 is 19.4 Å². The van der Waals surface area contributed by atoms with Crippen molar-refractivity contribution in [1.29, 1.82) is 0 Å². The summed E-state index contributed by atoms with van der Waals surface area (Å²) in [5.74, 6) is -0.128. The lowest BCUT2D eigenvalue weighted by Gasteiger charge is -2.22. The number of ether oxygens (including phenoxy) is 1. The van der Waals surface area contributed by atoms with E-state index in [9.17, 15) is 14.7 Å². The Morgan fingerprint density at radius 1 is 0.718 bits per heavy atom. The van der Waals surface area contributed by atoms with E-state index in [0.29, 0.717) is 18.8 Å². The number of phenolic OH excluding ortho intramolecular Hbond substituents is 1. The number of benzene rings is 3. The molecule has 2 N–H and O–H groups in total. The van der Waals surface area contributed by atoms with Crippen molar-refractivity contribution in [2.24, 2.45) is 0 Å². The van der Waals surface area contributed by atoms with Gasteiger partial charge in [0.25, 0.3) is 0 Å². The predicted octanol–water partition coefficient (Wildman–Crippen LogP) is 7.51. The molecule has 3 aromatic carbocycles. The number of phenols is 1. The highest BCUT2D eigenvalue weighted by Crippen LogP contribution is 2.18. The van der Waals surface area contributed by atoms with Crippen LogP contribution in [-0.2, 0) is 9.59 Å². The highest BCUT2D eigenvalue weighted by molar-refractivity contribution is 6.44. The molecule has 0 heterocycles. The van der Waals surface area contributed by atoms with Crippen molar-refractivity contribution in [2.75, 3.05) is 23.4 Å². The van der Waals surface area contributed by atoms with Crippen LogP contribution in [0.25, 0.3) is 0 Å². The van der Waals surface area contributed by atoms with E-state index < -0.39 is 11.8 Å². The molecule has 0 aliphatic carbocycles. The van der Waals surface area contributed by atoms with E-state index in [2.05, 4.69) is 17.5 Å². The molecule has 0 fully saturated rings. The molecule has 3 aromatic rings. The van der Waals surface area contributed by atoms with E-state index in [1.807, 2.05) is 48.5 Å². The Balaban J connectivity index is 1.26. The van der Waals surface area contributed by atoms with Gasteiger partial charge in [-0.2, -0.15) is 0 Å². The number of amides is 2. The molecule has 0 unspecified atom stereocenters. The van der Waals surface area contributed by atoms with Gasteiger partial charge in [-0.3, -0.25) is 9.59 Å². The van der Waals surface area contributed by atoms with Crippen LogP contribution in [0.4, 0.5) is 11.4 Å². The Morgan fingerprint density at radius 2 is 1.31 bits per heavy atom. The third-order valence-electron chi connectivity index (χ3n) is 6.33. The summed E-state index contributed by atoms with van der Waals surface area (Å²) in [6.45, 7) is 1.20. The topological polar surface area (TPSA) is 78.9 Å². The summed E-state index contributed by atoms with van der Waals surface area (Å²) in [6.07, 6.45) is 14.1. The number of hydrogen-bond donors (Lipinski definition) is 2. The fourth-order valence-electron chi connectivity index (χ4n) is 4.18. The molecule has 0 spiro atoms. The largest absolute Gasteiger partial charge is 0.508 e. The average molecular weight is 529 g/mol. The average Bonchev–Trinajstić information content (AvgIpc) is 2.97. The van der Waals surface area contributed by atoms with E-state index in [1.165, 1.54) is 19.3 Å². The number of allylic oxidation sites excluding steroid dienone is 2. The number of carbonyl (C=O) groups is 2. The molecule has 2 amide bonds. The number of nitrogens with zero attached hydrogens (tertiary/aromatic N) is 1. The van der Waals surface area contributed by atoms with Gasteiger partial charge < -0.3 is 20.1 Å². The summed E-state index contributed by atoms with van der Waals surface area (Å²) in [5, 5.41) is 12.0. The van der Waals surface area contributed by atoms with Crippen molar-refractivity contribution in [3.05, 3.63) is 97.1 Å². The summed E-state index contributed by atoms with van der Waals surface area (Å²) in [4.78, 5) is 27.1. The van der Waals surface area contributed by atoms with Gasteiger partial charge in [0.15, 0.2) is 0 Å². The second-order valence-corrected chi connectivity index (χ2v) is 9.48. The summed E-state index contributed by atoms with van der Waals surface area (Å²) in [6, 6.07) is 25.2. The first kappa shape index (κ1) is 29.5. The quantitative estimate of drug-likeness (QED) is 0.115. The second kappa shape index (κ2) is 17.4. The fraction of sp³-hybridized carbons (Fsp3) is 0.333. The normalized spacial score (nSPS) is 10.9. The standard InChI is InChI=1S/C33H40N2O4/c36-30-22-24-31(25-23-30)39-27-17-9-7-5-3-1-2-4-6-8-16-26-35(29-20-14-11-15-21-29)33(38)32(37)34-28-18-12-10-13-19-28/h2,4,10-15,18-25,36H,1,3,5-9,16-17,26-27H2,(H,34,37)/b4-2-. The molecule has 6 nitrogen and oxygen atoms in total. The number of aromatic hydroxyl groups is 1. The molecule has 0 aliphatic heterocycles. The minimum atomic E-state index is -0.630. The monoisotopic (exact) mass is 528 g/mol. The molecule has 0 radical (unpaired) electrons. The Labute approximate surface area is 232 Å². The van der Waals surface area contributed by atoms with Crippen molar-refractivity contribution in [3.8, 4) is 11.5 Å². The first-order chi connectivity index (χ1) is 19.1. The summed E-state index contributed by atoms with van der Waals surface area (Å²) in [7, 11) is 0. The first-order valence-corrected chi connectivity index (χ1v) is 13.9. The minimum absolute atomic E-state index is 0.253. The van der Waals surface area contributed by atoms with E-state index in [-0.39, 0.29) is 5.75 Å². The third kappa shape index (κ3) is 11.5. The van der Waals surface area contributed by atoms with Crippen LogP contribution in [0.5, 0.6) is 11.5 Å². The van der Waals surface area contributed by atoms with Crippen molar-refractivity contribution >= 4 is 23.2 Å². The number of carbonyl (C=O) groups excluding carboxylic acids is 2. The van der Waals surface area contributed by atoms with Crippen LogP contribution in [0.2, 0.25) is 0 Å². The van der Waals surface area contributed by atoms with E-state index in [0.717, 1.165) is 50.0 Å². The molecule has 0 saturated heterocycles. The lowest BCUT2D eigenvalue weighted by atomic mass is 10.1. The van der Waals surface area contributed by atoms with E-state index >= 15 is 0 Å². The SMILES string of the molecule is O=C(Nc1ccccc1)C(=O)N(CCCC/C=C\CCCCCCCOc1ccc(O)cc1)c1ccccc1. The number of hydrogen-bond acceptors (Lipinski definition) is 4. The van der Waals surface area contributed by atoms with Gasteiger partial charge in [-0.15, -0.1) is 0 Å². The third-order valence-corrected chi connectivity index (χ3v) is 6.33. The molecule has 39 heavy (non-hydrogen) atoms. The van der Waals surface area contributed by atoms with Crippen LogP contribution in [0.1, 0.15) is 57.8 Å². The van der Waals surface area contributed by atoms with E-state index in [4.69, 9.17) is 4.74 Å². The Kier molecular flexibility index (Phi) is 13.2. The van der Waals surface area contributed by atoms with Gasteiger partial charge in [-0.1, -0.05) is 67.8 Å². The van der Waals surface area contributed by atoms with Gasteiger partial charge >= 0.3 is 11.8 Å². The molecular weight excluding hydrogens is 488 g/mol. The van der Waals surface area contributed by atoms with Crippen molar-refractivity contribution in [2.45, 2.75) is 57.8 Å². The Bertz CT molecular complexity index is 1130. The molecule has 0 aliphatic rings. The zero-order valence-corrected chi connectivity index (χ0v) is 22.6. The lowest BCUT2D eigenvalue weighted by Crippen LogP contribution is -2.40. The molecule has 0 saturated carbocycles. The number of nitrogens with one attached hydrogen (secondary N) is 1. The summed E-state index contributed by atoms with van der Waals surface area (Å²) in [5.41, 5.74) is 1.33. The molecule has 206 valence electrons. The highest BCUT2D eigenvalue weighted by atomic mass is 16.5. The number of rotatable bonds is 16. The summed E-state index contributed by atoms with van der Waals surface area (Å²) < 4.78 is 5.68. The van der Waals surface area contributed by atoms with Crippen LogP contribution in [-0.4, -0.2) is 30.1 Å². The van der Waals surface area contributed by atoms with Crippen LogP contribution in [0, 0.1) is 0 Å². The molecule has 0 aromatic heterocycles. The van der Waals surface area contributed by atoms with Crippen LogP contribution in [0.3, 0.4) is 0 Å². The van der Waals surface area contributed by atoms with Gasteiger partial charge in [0.2, 0.25) is 0 Å². The molecule has 0 atom stereocenters. The van der Waals surface area contributed by atoms with Crippen LogP contribution >= 0.6 is 0 Å². The minimum Gasteiger partial charge on any atom is -0.508 e. The molecule has 6 heteroatoms. The van der Waals surface area contributed by atoms with Crippen LogP contribution in [0.15, 0.2) is 97.1 Å². The highest BCUT2D eigenvalue weighted by Gasteiger charge is 2.23. The Morgan fingerprint density at radius 3 is 2.00 bits per heavy atom. The zero-order chi connectivity index (χ0) is 27.5. The van der Waals surface area contributed by atoms with Gasteiger partial charge in [0.1, 0.15) is 11.5 Å². The van der Waals surface area contributed by atoms with Gasteiger partial charge in [0, 0.05) is 17.9 Å². The van der Waals surface area contributed by atoms with Gasteiger partial charge in [-0.05, 0) is 87.1 Å². The zero-order valence-electron chi connectivity index (χ0n) is 22.6. The lowest BCUT2D eigenvalue weighted by molar-refractivity contribution is -0.134. The second-order valence-electron chi connectivity index (χ2n) is 9.48. The maximum absolute atomic E-state index is 13.0. The van der Waals surface area contributed by atoms with Crippen molar-refractivity contribution in [3.63, 3.8) is 0 Å². The molecule has 0 bridgehead atoms. The summed E-state index contributed by atoms with van der Waals surface area (Å²) >= 11 is 0. The van der Waals surface area contributed by atoms with Gasteiger partial charge in [0.05, 0.1) is 6.61 Å². The fourth-order valence-corrected chi connectivity index (χ4v) is 4.18. The molecular formula is C33H40N2O4. The maximum atomic E-state index is 13.0. The van der Waals surface area contributed by atoms with E-state index in [1.54, 1.807) is 41.3 Å². The number of para-hydroxylation sites is 2. The van der Waals surface area contributed by atoms with Crippen molar-refractivity contribution in [1.82, 2.24) is 0 Å². The number of unbranched alkanes of at least 4 members (excludes halogenated alkanes) is 7. The predicted molar refractivity (Wildman–Crippen MR) is 158 cm³/mol. The van der Waals surface area contributed by atoms with Crippen LogP contribution < -0.4 is 15.0 Å². The maximum Gasteiger partial charge on any atom is 0.316 e. The van der Waals surface area contributed by atoms with Gasteiger partial charge in [-0.25, -0.2) is 0 Å². The smallest absolute Gasteiger partial charge is 0.316 e.